The zero-order valence-corrected chi connectivity index (χ0v) is 14.2. The summed E-state index contributed by atoms with van der Waals surface area (Å²) in [5, 5.41) is 9.18. The molecule has 122 valence electrons. The van der Waals surface area contributed by atoms with Gasteiger partial charge in [0.2, 0.25) is 0 Å². The number of halogens is 1. The van der Waals surface area contributed by atoms with Crippen molar-refractivity contribution in [2.24, 2.45) is 4.99 Å². The number of aromatic nitrogens is 3. The van der Waals surface area contributed by atoms with E-state index >= 15 is 0 Å². The maximum atomic E-state index is 6.49. The highest BCUT2D eigenvalue weighted by atomic mass is 35.5. The molecule has 0 spiro atoms. The summed E-state index contributed by atoms with van der Waals surface area (Å²) >= 11 is 6.49. The summed E-state index contributed by atoms with van der Waals surface area (Å²) in [7, 11) is 0. The number of rotatable bonds is 2. The Bertz CT molecular complexity index is 735. The molecule has 4 rings (SSSR count). The highest BCUT2D eigenvalue weighted by Gasteiger charge is 2.50. The smallest absolute Gasteiger partial charge is 0.165 e. The van der Waals surface area contributed by atoms with Gasteiger partial charge in [-0.3, -0.25) is 4.57 Å². The number of morpholine rings is 1. The zero-order valence-electron chi connectivity index (χ0n) is 13.4. The Hall–Kier alpha value is -1.66. The van der Waals surface area contributed by atoms with E-state index in [1.165, 1.54) is 0 Å². The van der Waals surface area contributed by atoms with Crippen molar-refractivity contribution >= 4 is 23.1 Å². The second-order valence-corrected chi connectivity index (χ2v) is 6.45. The van der Waals surface area contributed by atoms with E-state index in [1.54, 1.807) is 6.33 Å². The first kappa shape index (κ1) is 14.9. The summed E-state index contributed by atoms with van der Waals surface area (Å²) in [4.78, 5) is 7.11. The number of allylic oxidation sites excluding steroid dienone is 2. The SMILES string of the molecule is CCC1=C(Cl)N=C2C(=CC1)n1cnnc1C1(CC)COCCN21. The van der Waals surface area contributed by atoms with Gasteiger partial charge in [0, 0.05) is 6.54 Å². The molecule has 1 fully saturated rings. The number of hydrogen-bond acceptors (Lipinski definition) is 5. The zero-order chi connectivity index (χ0) is 16.0. The fraction of sp³-hybridized carbons (Fsp3) is 0.562. The standard InChI is InChI=1S/C16H20ClN5O/c1-3-11-5-6-12-14(19-13(11)17)22-7-8-23-9-16(22,4-2)15-20-18-10-21(12)15/h6,10H,3-5,7-9H2,1-2H3. The third kappa shape index (κ3) is 2.01. The van der Waals surface area contributed by atoms with Crippen LogP contribution in [0.3, 0.4) is 0 Å². The molecule has 1 saturated heterocycles. The van der Waals surface area contributed by atoms with Crippen LogP contribution in [0.5, 0.6) is 0 Å². The number of fused-ring (bicyclic) bond motifs is 6. The number of hydrogen-bond donors (Lipinski definition) is 0. The highest BCUT2D eigenvalue weighted by Crippen LogP contribution is 2.42. The predicted molar refractivity (Wildman–Crippen MR) is 89.0 cm³/mol. The molecule has 7 heteroatoms. The molecule has 1 unspecified atom stereocenters. The van der Waals surface area contributed by atoms with Gasteiger partial charge in [0.1, 0.15) is 17.0 Å². The summed E-state index contributed by atoms with van der Waals surface area (Å²) in [6.07, 6.45) is 6.54. The van der Waals surface area contributed by atoms with Crippen LogP contribution in [0.15, 0.2) is 28.1 Å². The fourth-order valence-corrected chi connectivity index (χ4v) is 3.97. The van der Waals surface area contributed by atoms with Crippen molar-refractivity contribution in [3.05, 3.63) is 29.0 Å². The molecule has 0 aromatic carbocycles. The Morgan fingerprint density at radius 2 is 2.26 bits per heavy atom. The molecule has 3 aliphatic heterocycles. The molecule has 0 bridgehead atoms. The average Bonchev–Trinajstić information content (AvgIpc) is 3.01. The summed E-state index contributed by atoms with van der Waals surface area (Å²) < 4.78 is 7.85. The molecule has 1 aromatic rings. The summed E-state index contributed by atoms with van der Waals surface area (Å²) in [5.41, 5.74) is 1.86. The number of nitrogens with zero attached hydrogens (tertiary/aromatic N) is 5. The minimum Gasteiger partial charge on any atom is -0.377 e. The van der Waals surface area contributed by atoms with Gasteiger partial charge in [0.25, 0.3) is 0 Å². The van der Waals surface area contributed by atoms with E-state index in [2.05, 4.69) is 39.6 Å². The Kier molecular flexibility index (Phi) is 3.54. The van der Waals surface area contributed by atoms with Crippen LogP contribution in [0.25, 0.3) is 5.70 Å². The van der Waals surface area contributed by atoms with Gasteiger partial charge >= 0.3 is 0 Å². The molecule has 3 aliphatic rings. The molecular weight excluding hydrogens is 314 g/mol. The van der Waals surface area contributed by atoms with Crippen LogP contribution in [-0.2, 0) is 10.3 Å². The van der Waals surface area contributed by atoms with Crippen LogP contribution in [0, 0.1) is 0 Å². The number of aliphatic imine (C=N–C) groups is 1. The Morgan fingerprint density at radius 1 is 1.39 bits per heavy atom. The van der Waals surface area contributed by atoms with Gasteiger partial charge in [-0.05, 0) is 24.8 Å². The van der Waals surface area contributed by atoms with E-state index < -0.39 is 0 Å². The lowest BCUT2D eigenvalue weighted by atomic mass is 9.89. The van der Waals surface area contributed by atoms with Crippen molar-refractivity contribution in [2.45, 2.75) is 38.6 Å². The minimum absolute atomic E-state index is 0.321. The molecule has 0 radical (unpaired) electrons. The molecule has 1 aromatic heterocycles. The predicted octanol–water partition coefficient (Wildman–Crippen LogP) is 2.73. The second-order valence-electron chi connectivity index (χ2n) is 6.09. The van der Waals surface area contributed by atoms with E-state index in [9.17, 15) is 0 Å². The fourth-order valence-electron chi connectivity index (χ4n) is 3.68. The van der Waals surface area contributed by atoms with E-state index in [0.29, 0.717) is 18.4 Å². The second kappa shape index (κ2) is 5.46. The van der Waals surface area contributed by atoms with E-state index in [-0.39, 0.29) is 5.54 Å². The highest BCUT2D eigenvalue weighted by molar-refractivity contribution is 6.32. The van der Waals surface area contributed by atoms with Crippen LogP contribution in [0.1, 0.15) is 38.9 Å². The molecule has 0 aliphatic carbocycles. The molecule has 1 atom stereocenters. The summed E-state index contributed by atoms with van der Waals surface area (Å²) in [6, 6.07) is 0. The van der Waals surface area contributed by atoms with Crippen LogP contribution < -0.4 is 0 Å². The maximum Gasteiger partial charge on any atom is 0.165 e. The van der Waals surface area contributed by atoms with Gasteiger partial charge in [0.05, 0.1) is 18.9 Å². The Balaban J connectivity index is 1.96. The third-order valence-corrected chi connectivity index (χ3v) is 5.43. The molecule has 0 saturated carbocycles. The van der Waals surface area contributed by atoms with Gasteiger partial charge < -0.3 is 9.64 Å². The molecule has 23 heavy (non-hydrogen) atoms. The molecule has 0 N–H and O–H groups in total. The number of amidine groups is 1. The van der Waals surface area contributed by atoms with Crippen LogP contribution >= 0.6 is 11.6 Å². The third-order valence-electron chi connectivity index (χ3n) is 5.07. The van der Waals surface area contributed by atoms with Crippen molar-refractivity contribution in [1.29, 1.82) is 0 Å². The van der Waals surface area contributed by atoms with Crippen molar-refractivity contribution < 1.29 is 4.74 Å². The van der Waals surface area contributed by atoms with Gasteiger partial charge in [-0.25, -0.2) is 4.99 Å². The Labute approximate surface area is 140 Å². The van der Waals surface area contributed by atoms with Crippen LogP contribution in [0.4, 0.5) is 0 Å². The lowest BCUT2D eigenvalue weighted by Crippen LogP contribution is -2.60. The Morgan fingerprint density at radius 3 is 3.04 bits per heavy atom. The van der Waals surface area contributed by atoms with Gasteiger partial charge in [-0.1, -0.05) is 31.5 Å². The van der Waals surface area contributed by atoms with Gasteiger partial charge in [0.15, 0.2) is 11.7 Å². The summed E-state index contributed by atoms with van der Waals surface area (Å²) in [6.45, 7) is 6.32. The first-order valence-electron chi connectivity index (χ1n) is 8.14. The largest absolute Gasteiger partial charge is 0.377 e. The normalized spacial score (nSPS) is 26.8. The first-order chi connectivity index (χ1) is 11.2. The van der Waals surface area contributed by atoms with E-state index in [1.807, 2.05) is 0 Å². The lowest BCUT2D eigenvalue weighted by Gasteiger charge is -2.50. The van der Waals surface area contributed by atoms with Crippen molar-refractivity contribution in [3.63, 3.8) is 0 Å². The van der Waals surface area contributed by atoms with E-state index in [4.69, 9.17) is 21.3 Å². The van der Waals surface area contributed by atoms with Gasteiger partial charge in [-0.15, -0.1) is 10.2 Å². The lowest BCUT2D eigenvalue weighted by molar-refractivity contribution is -0.0460. The summed E-state index contributed by atoms with van der Waals surface area (Å²) in [5.74, 6) is 1.84. The quantitative estimate of drug-likeness (QED) is 0.781. The number of ether oxygens (including phenoxy) is 1. The molecule has 4 heterocycles. The van der Waals surface area contributed by atoms with Crippen molar-refractivity contribution in [2.75, 3.05) is 19.8 Å². The molecule has 0 amide bonds. The van der Waals surface area contributed by atoms with Crippen LogP contribution in [0.2, 0.25) is 0 Å². The van der Waals surface area contributed by atoms with Crippen LogP contribution in [-0.4, -0.2) is 45.3 Å². The first-order valence-corrected chi connectivity index (χ1v) is 8.52. The van der Waals surface area contributed by atoms with Gasteiger partial charge in [-0.2, -0.15) is 0 Å². The monoisotopic (exact) mass is 333 g/mol. The maximum absolute atomic E-state index is 6.49. The average molecular weight is 334 g/mol. The van der Waals surface area contributed by atoms with Crippen molar-refractivity contribution in [3.8, 4) is 0 Å². The molecule has 6 nitrogen and oxygen atoms in total. The molecular formula is C16H20ClN5O. The van der Waals surface area contributed by atoms with E-state index in [0.717, 1.165) is 48.7 Å². The minimum atomic E-state index is -0.321. The topological polar surface area (TPSA) is 55.5 Å². The van der Waals surface area contributed by atoms with Crippen molar-refractivity contribution in [1.82, 2.24) is 19.7 Å².